The van der Waals surface area contributed by atoms with Crippen LogP contribution in [-0.4, -0.2) is 66.6 Å². The SMILES string of the molecule is CCOC(=O)N1CCC(NC(=O)c2sc(CN(C)C)nc2C)CC1. The van der Waals surface area contributed by atoms with Gasteiger partial charge in [-0.15, -0.1) is 11.3 Å². The Morgan fingerprint density at radius 3 is 2.62 bits per heavy atom. The molecule has 2 amide bonds. The molecule has 24 heavy (non-hydrogen) atoms. The van der Waals surface area contributed by atoms with E-state index in [0.717, 1.165) is 30.1 Å². The number of carbonyl (C=O) groups is 2. The van der Waals surface area contributed by atoms with Crippen molar-refractivity contribution in [3.05, 3.63) is 15.6 Å². The quantitative estimate of drug-likeness (QED) is 0.874. The van der Waals surface area contributed by atoms with E-state index >= 15 is 0 Å². The van der Waals surface area contributed by atoms with Crippen molar-refractivity contribution in [1.82, 2.24) is 20.1 Å². The molecule has 0 spiro atoms. The molecule has 2 rings (SSSR count). The lowest BCUT2D eigenvalue weighted by Crippen LogP contribution is -2.46. The van der Waals surface area contributed by atoms with Crippen LogP contribution in [0.3, 0.4) is 0 Å². The molecule has 1 saturated heterocycles. The third kappa shape index (κ3) is 4.91. The first kappa shape index (κ1) is 18.7. The largest absolute Gasteiger partial charge is 0.450 e. The summed E-state index contributed by atoms with van der Waals surface area (Å²) in [5, 5.41) is 4.02. The van der Waals surface area contributed by atoms with E-state index in [0.29, 0.717) is 24.6 Å². The topological polar surface area (TPSA) is 74.8 Å². The highest BCUT2D eigenvalue weighted by Gasteiger charge is 2.26. The molecule has 1 aliphatic rings. The molecule has 0 unspecified atom stereocenters. The molecule has 0 radical (unpaired) electrons. The highest BCUT2D eigenvalue weighted by molar-refractivity contribution is 7.13. The Balaban J connectivity index is 1.87. The summed E-state index contributed by atoms with van der Waals surface area (Å²) in [6.07, 6.45) is 1.22. The maximum atomic E-state index is 12.5. The number of rotatable bonds is 5. The minimum atomic E-state index is -0.270. The Bertz CT molecular complexity index is 580. The van der Waals surface area contributed by atoms with Gasteiger partial charge < -0.3 is 19.9 Å². The van der Waals surface area contributed by atoms with Gasteiger partial charge in [0.05, 0.1) is 12.3 Å². The van der Waals surface area contributed by atoms with Crippen LogP contribution in [0.1, 0.15) is 40.1 Å². The van der Waals surface area contributed by atoms with E-state index in [2.05, 4.69) is 10.3 Å². The fraction of sp³-hybridized carbons (Fsp3) is 0.688. The number of nitrogens with one attached hydrogen (secondary N) is 1. The Morgan fingerprint density at radius 1 is 1.38 bits per heavy atom. The van der Waals surface area contributed by atoms with Crippen LogP contribution in [0.2, 0.25) is 0 Å². The van der Waals surface area contributed by atoms with E-state index in [1.165, 1.54) is 11.3 Å². The van der Waals surface area contributed by atoms with Crippen LogP contribution < -0.4 is 5.32 Å². The fourth-order valence-electron chi connectivity index (χ4n) is 2.67. The molecule has 1 N–H and O–H groups in total. The minimum Gasteiger partial charge on any atom is -0.450 e. The summed E-state index contributed by atoms with van der Waals surface area (Å²) >= 11 is 1.45. The second-order valence-electron chi connectivity index (χ2n) is 6.19. The lowest BCUT2D eigenvalue weighted by Gasteiger charge is -2.31. The van der Waals surface area contributed by atoms with E-state index in [4.69, 9.17) is 4.74 Å². The van der Waals surface area contributed by atoms with Crippen molar-refractivity contribution in [3.63, 3.8) is 0 Å². The second kappa shape index (κ2) is 8.43. The lowest BCUT2D eigenvalue weighted by molar-refractivity contribution is 0.0862. The van der Waals surface area contributed by atoms with Crippen LogP contribution in [-0.2, 0) is 11.3 Å². The van der Waals surface area contributed by atoms with Crippen molar-refractivity contribution in [3.8, 4) is 0 Å². The first-order chi connectivity index (χ1) is 11.4. The van der Waals surface area contributed by atoms with Crippen LogP contribution >= 0.6 is 11.3 Å². The van der Waals surface area contributed by atoms with Gasteiger partial charge in [-0.25, -0.2) is 9.78 Å². The van der Waals surface area contributed by atoms with Gasteiger partial charge in [0, 0.05) is 25.7 Å². The van der Waals surface area contributed by atoms with E-state index in [-0.39, 0.29) is 18.0 Å². The normalized spacial score (nSPS) is 15.6. The number of piperidine rings is 1. The van der Waals surface area contributed by atoms with Crippen LogP contribution in [0.5, 0.6) is 0 Å². The van der Waals surface area contributed by atoms with Gasteiger partial charge in [0.15, 0.2) is 0 Å². The molecule has 0 aliphatic carbocycles. The van der Waals surface area contributed by atoms with E-state index in [9.17, 15) is 9.59 Å². The maximum absolute atomic E-state index is 12.5. The summed E-state index contributed by atoms with van der Waals surface area (Å²) in [5.41, 5.74) is 0.776. The Labute approximate surface area is 147 Å². The van der Waals surface area contributed by atoms with Gasteiger partial charge in [0.1, 0.15) is 9.88 Å². The lowest BCUT2D eigenvalue weighted by atomic mass is 10.1. The Hall–Kier alpha value is -1.67. The molecule has 1 fully saturated rings. The number of aromatic nitrogens is 1. The van der Waals surface area contributed by atoms with Crippen LogP contribution in [0, 0.1) is 6.92 Å². The maximum Gasteiger partial charge on any atom is 0.409 e. The highest BCUT2D eigenvalue weighted by Crippen LogP contribution is 2.20. The zero-order valence-electron chi connectivity index (χ0n) is 14.8. The summed E-state index contributed by atoms with van der Waals surface area (Å²) < 4.78 is 5.01. The summed E-state index contributed by atoms with van der Waals surface area (Å²) in [4.78, 5) is 33.1. The first-order valence-corrected chi connectivity index (χ1v) is 9.06. The number of thiazole rings is 1. The number of ether oxygens (including phenoxy) is 1. The number of nitrogens with zero attached hydrogens (tertiary/aromatic N) is 3. The first-order valence-electron chi connectivity index (χ1n) is 8.24. The molecular weight excluding hydrogens is 328 g/mol. The predicted octanol–water partition coefficient (Wildman–Crippen LogP) is 1.86. The molecule has 0 saturated carbocycles. The monoisotopic (exact) mass is 354 g/mol. The molecule has 1 aromatic heterocycles. The second-order valence-corrected chi connectivity index (χ2v) is 7.28. The summed E-state index contributed by atoms with van der Waals surface area (Å²) in [6, 6.07) is 0.0852. The number of hydrogen-bond donors (Lipinski definition) is 1. The molecule has 2 heterocycles. The molecule has 0 aromatic carbocycles. The number of amides is 2. The van der Waals surface area contributed by atoms with Crippen molar-refractivity contribution in [1.29, 1.82) is 0 Å². The van der Waals surface area contributed by atoms with Gasteiger partial charge in [-0.2, -0.15) is 0 Å². The third-order valence-electron chi connectivity index (χ3n) is 3.85. The predicted molar refractivity (Wildman–Crippen MR) is 93.3 cm³/mol. The third-order valence-corrected chi connectivity index (χ3v) is 5.00. The molecule has 1 aliphatic heterocycles. The summed E-state index contributed by atoms with van der Waals surface area (Å²) in [5.74, 6) is -0.0652. The van der Waals surface area contributed by atoms with Gasteiger partial charge in [0.2, 0.25) is 0 Å². The molecule has 0 atom stereocenters. The number of likely N-dealkylation sites (tertiary alicyclic amines) is 1. The van der Waals surface area contributed by atoms with Crippen molar-refractivity contribution in [2.24, 2.45) is 0 Å². The minimum absolute atomic E-state index is 0.0652. The van der Waals surface area contributed by atoms with Gasteiger partial charge >= 0.3 is 6.09 Å². The smallest absolute Gasteiger partial charge is 0.409 e. The Kier molecular flexibility index (Phi) is 6.56. The van der Waals surface area contributed by atoms with Crippen molar-refractivity contribution >= 4 is 23.3 Å². The molecular formula is C16H26N4O3S. The van der Waals surface area contributed by atoms with Crippen LogP contribution in [0.15, 0.2) is 0 Å². The zero-order valence-corrected chi connectivity index (χ0v) is 15.6. The highest BCUT2D eigenvalue weighted by atomic mass is 32.1. The van der Waals surface area contributed by atoms with Gasteiger partial charge in [-0.1, -0.05) is 0 Å². The molecule has 134 valence electrons. The number of hydrogen-bond acceptors (Lipinski definition) is 6. The molecule has 7 nitrogen and oxygen atoms in total. The van der Waals surface area contributed by atoms with Crippen molar-refractivity contribution in [2.45, 2.75) is 39.3 Å². The number of aryl methyl sites for hydroxylation is 1. The fourth-order valence-corrected chi connectivity index (χ4v) is 3.76. The molecule has 1 aromatic rings. The summed E-state index contributed by atoms with van der Waals surface area (Å²) in [6.45, 7) is 6.00. The molecule has 0 bridgehead atoms. The van der Waals surface area contributed by atoms with Crippen LogP contribution in [0.4, 0.5) is 4.79 Å². The van der Waals surface area contributed by atoms with E-state index in [1.54, 1.807) is 11.8 Å². The van der Waals surface area contributed by atoms with Crippen molar-refractivity contribution in [2.75, 3.05) is 33.8 Å². The Morgan fingerprint density at radius 2 is 2.04 bits per heavy atom. The van der Waals surface area contributed by atoms with E-state index in [1.807, 2.05) is 25.9 Å². The average Bonchev–Trinajstić information content (AvgIpc) is 2.88. The standard InChI is InChI=1S/C16H26N4O3S/c1-5-23-16(22)20-8-6-12(7-9-20)18-15(21)14-11(2)17-13(24-14)10-19(3)4/h12H,5-10H2,1-4H3,(H,18,21). The van der Waals surface area contributed by atoms with Crippen LogP contribution in [0.25, 0.3) is 0 Å². The van der Waals surface area contributed by atoms with E-state index < -0.39 is 0 Å². The average molecular weight is 354 g/mol. The van der Waals surface area contributed by atoms with Gasteiger partial charge in [0.25, 0.3) is 5.91 Å². The van der Waals surface area contributed by atoms with Gasteiger partial charge in [-0.05, 0) is 40.8 Å². The zero-order chi connectivity index (χ0) is 17.7. The molecule has 8 heteroatoms. The van der Waals surface area contributed by atoms with Crippen molar-refractivity contribution < 1.29 is 14.3 Å². The number of carbonyl (C=O) groups excluding carboxylic acids is 2. The van der Waals surface area contributed by atoms with Gasteiger partial charge in [-0.3, -0.25) is 4.79 Å². The summed E-state index contributed by atoms with van der Waals surface area (Å²) in [7, 11) is 3.96.